The molecular formula is C15H25FO2. The topological polar surface area (TPSA) is 34.1 Å². The Labute approximate surface area is 109 Å². The van der Waals surface area contributed by atoms with Crippen LogP contribution in [0.1, 0.15) is 72.1 Å². The smallest absolute Gasteiger partial charge is 0.177 e. The summed E-state index contributed by atoms with van der Waals surface area (Å²) in [6.07, 6.45) is 5.02. The van der Waals surface area contributed by atoms with Crippen LogP contribution in [0.3, 0.4) is 0 Å². The van der Waals surface area contributed by atoms with Crippen LogP contribution in [0.15, 0.2) is 0 Å². The summed E-state index contributed by atoms with van der Waals surface area (Å²) in [5.41, 5.74) is -2.20. The molecule has 0 aromatic heterocycles. The molecule has 0 radical (unpaired) electrons. The molecule has 1 aliphatic rings. The zero-order valence-corrected chi connectivity index (χ0v) is 11.9. The summed E-state index contributed by atoms with van der Waals surface area (Å²) < 4.78 is 14.2. The number of carbonyl (C=O) groups is 2. The predicted octanol–water partition coefficient (Wildman–Crippen LogP) is 4.01. The molecule has 0 aromatic rings. The lowest BCUT2D eigenvalue weighted by Gasteiger charge is -2.32. The van der Waals surface area contributed by atoms with Gasteiger partial charge in [-0.3, -0.25) is 9.59 Å². The number of ketones is 2. The van der Waals surface area contributed by atoms with Crippen molar-refractivity contribution < 1.29 is 14.0 Å². The Morgan fingerprint density at radius 1 is 1.11 bits per heavy atom. The maximum atomic E-state index is 14.2. The quantitative estimate of drug-likeness (QED) is 0.673. The van der Waals surface area contributed by atoms with E-state index in [1.165, 1.54) is 0 Å². The van der Waals surface area contributed by atoms with Crippen LogP contribution in [0.4, 0.5) is 4.39 Å². The Balaban J connectivity index is 2.66. The monoisotopic (exact) mass is 256 g/mol. The van der Waals surface area contributed by atoms with E-state index in [1.807, 2.05) is 6.92 Å². The second-order valence-corrected chi connectivity index (χ2v) is 5.82. The van der Waals surface area contributed by atoms with Crippen molar-refractivity contribution in [3.8, 4) is 0 Å². The zero-order chi connectivity index (χ0) is 13.8. The lowest BCUT2D eigenvalue weighted by Crippen LogP contribution is -2.38. The van der Waals surface area contributed by atoms with Gasteiger partial charge in [-0.05, 0) is 25.7 Å². The molecule has 0 bridgehead atoms. The minimum atomic E-state index is -1.80. The Morgan fingerprint density at radius 2 is 1.61 bits per heavy atom. The molecule has 1 rings (SSSR count). The number of halogens is 1. The highest BCUT2D eigenvalue weighted by Crippen LogP contribution is 2.38. The molecule has 0 unspecified atom stereocenters. The minimum Gasteiger partial charge on any atom is -0.299 e. The molecule has 104 valence electrons. The first-order valence-electron chi connectivity index (χ1n) is 7.13. The highest BCUT2D eigenvalue weighted by atomic mass is 19.1. The Morgan fingerprint density at radius 3 is 2.06 bits per heavy atom. The first-order chi connectivity index (χ1) is 8.38. The second-order valence-electron chi connectivity index (χ2n) is 5.82. The third-order valence-corrected chi connectivity index (χ3v) is 4.57. The van der Waals surface area contributed by atoms with Crippen molar-refractivity contribution >= 4 is 11.6 Å². The van der Waals surface area contributed by atoms with Gasteiger partial charge in [-0.15, -0.1) is 0 Å². The van der Waals surface area contributed by atoms with Gasteiger partial charge in [0.15, 0.2) is 11.5 Å². The van der Waals surface area contributed by atoms with Crippen LogP contribution >= 0.6 is 0 Å². The molecule has 2 nitrogen and oxygen atoms in total. The number of hydrogen-bond acceptors (Lipinski definition) is 2. The predicted molar refractivity (Wildman–Crippen MR) is 70.2 cm³/mol. The van der Waals surface area contributed by atoms with E-state index in [-0.39, 0.29) is 25.0 Å². The standard InChI is InChI=1S/C15H25FO2/c1-4-15(16,5-2)13(18)11-12(17)14(3)9-7-6-8-10-14/h4-11H2,1-3H3. The van der Waals surface area contributed by atoms with Gasteiger partial charge < -0.3 is 0 Å². The third kappa shape index (κ3) is 3.18. The van der Waals surface area contributed by atoms with E-state index in [0.717, 1.165) is 32.1 Å². The highest BCUT2D eigenvalue weighted by Gasteiger charge is 2.40. The number of alkyl halides is 1. The van der Waals surface area contributed by atoms with Crippen LogP contribution in [0.2, 0.25) is 0 Å². The molecule has 0 atom stereocenters. The van der Waals surface area contributed by atoms with E-state index in [2.05, 4.69) is 0 Å². The Bertz CT molecular complexity index is 312. The summed E-state index contributed by atoms with van der Waals surface area (Å²) in [4.78, 5) is 24.1. The van der Waals surface area contributed by atoms with Crippen molar-refractivity contribution in [3.63, 3.8) is 0 Å². The Hall–Kier alpha value is -0.730. The maximum absolute atomic E-state index is 14.2. The normalized spacial score (nSPS) is 19.6. The molecule has 1 saturated carbocycles. The first-order valence-corrected chi connectivity index (χ1v) is 7.13. The maximum Gasteiger partial charge on any atom is 0.177 e. The molecule has 0 aliphatic heterocycles. The van der Waals surface area contributed by atoms with E-state index < -0.39 is 16.9 Å². The van der Waals surface area contributed by atoms with Gasteiger partial charge in [-0.1, -0.05) is 40.0 Å². The second kappa shape index (κ2) is 5.94. The summed E-state index contributed by atoms with van der Waals surface area (Å²) in [6, 6.07) is 0. The van der Waals surface area contributed by atoms with Gasteiger partial charge in [0.2, 0.25) is 0 Å². The van der Waals surface area contributed by atoms with E-state index in [4.69, 9.17) is 0 Å². The third-order valence-electron chi connectivity index (χ3n) is 4.57. The first kappa shape index (κ1) is 15.3. The molecule has 0 saturated heterocycles. The van der Waals surface area contributed by atoms with Crippen LogP contribution in [-0.4, -0.2) is 17.2 Å². The highest BCUT2D eigenvalue weighted by molar-refractivity contribution is 6.05. The molecule has 0 N–H and O–H groups in total. The average Bonchev–Trinajstić information content (AvgIpc) is 2.38. The van der Waals surface area contributed by atoms with Crippen LogP contribution < -0.4 is 0 Å². The van der Waals surface area contributed by atoms with Gasteiger partial charge in [0.25, 0.3) is 0 Å². The number of carbonyl (C=O) groups excluding carboxylic acids is 2. The molecular weight excluding hydrogens is 231 g/mol. The summed E-state index contributed by atoms with van der Waals surface area (Å²) in [5, 5.41) is 0. The summed E-state index contributed by atoms with van der Waals surface area (Å²) in [5.74, 6) is -0.583. The van der Waals surface area contributed by atoms with Crippen molar-refractivity contribution in [1.82, 2.24) is 0 Å². The van der Waals surface area contributed by atoms with Crippen molar-refractivity contribution in [2.45, 2.75) is 77.8 Å². The van der Waals surface area contributed by atoms with Gasteiger partial charge in [-0.2, -0.15) is 0 Å². The van der Waals surface area contributed by atoms with Crippen molar-refractivity contribution in [2.75, 3.05) is 0 Å². The van der Waals surface area contributed by atoms with E-state index in [1.54, 1.807) is 13.8 Å². The van der Waals surface area contributed by atoms with Gasteiger partial charge in [-0.25, -0.2) is 4.39 Å². The zero-order valence-electron chi connectivity index (χ0n) is 11.9. The summed E-state index contributed by atoms with van der Waals surface area (Å²) in [7, 11) is 0. The summed E-state index contributed by atoms with van der Waals surface area (Å²) >= 11 is 0. The fourth-order valence-electron chi connectivity index (χ4n) is 2.77. The Kier molecular flexibility index (Phi) is 5.06. The van der Waals surface area contributed by atoms with Crippen LogP contribution in [0.25, 0.3) is 0 Å². The van der Waals surface area contributed by atoms with E-state index in [0.29, 0.717) is 0 Å². The lowest BCUT2D eigenvalue weighted by molar-refractivity contribution is -0.139. The number of Topliss-reactive ketones (excluding diaryl/α,β-unsaturated/α-hetero) is 2. The molecule has 0 spiro atoms. The largest absolute Gasteiger partial charge is 0.299 e. The average molecular weight is 256 g/mol. The molecule has 1 fully saturated rings. The molecule has 3 heteroatoms. The molecule has 1 aliphatic carbocycles. The molecule has 18 heavy (non-hydrogen) atoms. The van der Waals surface area contributed by atoms with Crippen LogP contribution in [0, 0.1) is 5.41 Å². The van der Waals surface area contributed by atoms with Crippen molar-refractivity contribution in [1.29, 1.82) is 0 Å². The fraction of sp³-hybridized carbons (Fsp3) is 0.867. The molecule has 0 heterocycles. The van der Waals surface area contributed by atoms with E-state index in [9.17, 15) is 14.0 Å². The van der Waals surface area contributed by atoms with Crippen molar-refractivity contribution in [3.05, 3.63) is 0 Å². The van der Waals surface area contributed by atoms with Crippen LogP contribution in [-0.2, 0) is 9.59 Å². The SMILES string of the molecule is CCC(F)(CC)C(=O)CC(=O)C1(C)CCCCC1. The number of hydrogen-bond donors (Lipinski definition) is 0. The number of rotatable bonds is 6. The molecule has 0 amide bonds. The van der Waals surface area contributed by atoms with E-state index >= 15 is 0 Å². The molecule has 0 aromatic carbocycles. The van der Waals surface area contributed by atoms with Crippen molar-refractivity contribution in [2.24, 2.45) is 5.41 Å². The fourth-order valence-corrected chi connectivity index (χ4v) is 2.77. The van der Waals surface area contributed by atoms with Gasteiger partial charge in [0.1, 0.15) is 5.78 Å². The van der Waals surface area contributed by atoms with Gasteiger partial charge >= 0.3 is 0 Å². The minimum absolute atomic E-state index is 0.0591. The summed E-state index contributed by atoms with van der Waals surface area (Å²) in [6.45, 7) is 5.25. The van der Waals surface area contributed by atoms with Gasteiger partial charge in [0, 0.05) is 5.41 Å². The lowest BCUT2D eigenvalue weighted by atomic mass is 9.71. The van der Waals surface area contributed by atoms with Gasteiger partial charge in [0.05, 0.1) is 6.42 Å². The van der Waals surface area contributed by atoms with Crippen LogP contribution in [0.5, 0.6) is 0 Å².